The van der Waals surface area contributed by atoms with Gasteiger partial charge >= 0.3 is 0 Å². The van der Waals surface area contributed by atoms with Gasteiger partial charge in [0.15, 0.2) is 11.5 Å². The minimum atomic E-state index is -0.167. The number of carbonyl (C=O) groups excluding carboxylic acids is 1. The summed E-state index contributed by atoms with van der Waals surface area (Å²) in [7, 11) is 3.16. The second-order valence-corrected chi connectivity index (χ2v) is 6.23. The van der Waals surface area contributed by atoms with Crippen LogP contribution in [-0.2, 0) is 17.9 Å². The molecule has 0 saturated carbocycles. The highest BCUT2D eigenvalue weighted by atomic mass is 16.5. The number of ether oxygens (including phenoxy) is 3. The van der Waals surface area contributed by atoms with Crippen molar-refractivity contribution < 1.29 is 19.0 Å². The van der Waals surface area contributed by atoms with E-state index in [2.05, 4.69) is 15.6 Å². The average molecular weight is 396 g/mol. The lowest BCUT2D eigenvalue weighted by Gasteiger charge is -2.10. The van der Waals surface area contributed by atoms with Crippen LogP contribution in [0.4, 0.5) is 0 Å². The smallest absolute Gasteiger partial charge is 0.242 e. The molecule has 29 heavy (non-hydrogen) atoms. The van der Waals surface area contributed by atoms with Crippen LogP contribution < -0.4 is 19.5 Å². The van der Waals surface area contributed by atoms with Crippen molar-refractivity contribution in [1.29, 1.82) is 0 Å². The predicted octanol–water partition coefficient (Wildman–Crippen LogP) is 2.68. The van der Waals surface area contributed by atoms with Crippen LogP contribution in [0.2, 0.25) is 0 Å². The van der Waals surface area contributed by atoms with Crippen LogP contribution in [0.15, 0.2) is 48.7 Å². The molecule has 0 aliphatic heterocycles. The summed E-state index contributed by atoms with van der Waals surface area (Å²) in [4.78, 5) is 12.3. The van der Waals surface area contributed by atoms with Gasteiger partial charge in [-0.1, -0.05) is 23.4 Å². The lowest BCUT2D eigenvalue weighted by molar-refractivity contribution is -0.122. The van der Waals surface area contributed by atoms with Crippen LogP contribution in [-0.4, -0.2) is 41.7 Å². The van der Waals surface area contributed by atoms with Crippen molar-refractivity contribution >= 4 is 5.91 Å². The number of amides is 1. The van der Waals surface area contributed by atoms with E-state index >= 15 is 0 Å². The van der Waals surface area contributed by atoms with Gasteiger partial charge in [-0.25, -0.2) is 4.68 Å². The van der Waals surface area contributed by atoms with Crippen LogP contribution in [0.1, 0.15) is 12.5 Å². The van der Waals surface area contributed by atoms with E-state index in [9.17, 15) is 4.79 Å². The van der Waals surface area contributed by atoms with Gasteiger partial charge in [-0.15, -0.1) is 5.10 Å². The Labute approximate surface area is 169 Å². The molecule has 3 rings (SSSR count). The van der Waals surface area contributed by atoms with Gasteiger partial charge in [0.1, 0.15) is 18.0 Å². The number of rotatable bonds is 9. The zero-order valence-electron chi connectivity index (χ0n) is 16.7. The van der Waals surface area contributed by atoms with Crippen LogP contribution in [0.5, 0.6) is 17.2 Å². The highest BCUT2D eigenvalue weighted by Gasteiger charge is 2.10. The largest absolute Gasteiger partial charge is 0.494 e. The molecule has 1 N–H and O–H groups in total. The molecule has 1 amide bonds. The molecule has 0 radical (unpaired) electrons. The summed E-state index contributed by atoms with van der Waals surface area (Å²) >= 11 is 0. The van der Waals surface area contributed by atoms with Gasteiger partial charge < -0.3 is 19.5 Å². The van der Waals surface area contributed by atoms with E-state index in [1.54, 1.807) is 26.5 Å². The summed E-state index contributed by atoms with van der Waals surface area (Å²) in [6.07, 6.45) is 1.74. The van der Waals surface area contributed by atoms with E-state index in [0.29, 0.717) is 30.3 Å². The minimum absolute atomic E-state index is 0.0748. The molecule has 0 bridgehead atoms. The number of hydrogen-bond acceptors (Lipinski definition) is 6. The summed E-state index contributed by atoms with van der Waals surface area (Å²) in [5.74, 6) is 1.87. The molecule has 3 aromatic rings. The Morgan fingerprint density at radius 2 is 1.93 bits per heavy atom. The normalized spacial score (nSPS) is 10.4. The highest BCUT2D eigenvalue weighted by molar-refractivity contribution is 5.75. The van der Waals surface area contributed by atoms with E-state index in [1.807, 2.05) is 43.3 Å². The van der Waals surface area contributed by atoms with Gasteiger partial charge in [0.25, 0.3) is 0 Å². The Bertz CT molecular complexity index is 971. The van der Waals surface area contributed by atoms with E-state index in [-0.39, 0.29) is 12.5 Å². The van der Waals surface area contributed by atoms with Crippen LogP contribution in [0, 0.1) is 0 Å². The van der Waals surface area contributed by atoms with Crippen molar-refractivity contribution in [1.82, 2.24) is 20.3 Å². The molecule has 0 fully saturated rings. The van der Waals surface area contributed by atoms with Crippen molar-refractivity contribution in [2.75, 3.05) is 20.8 Å². The Hall–Kier alpha value is -3.55. The van der Waals surface area contributed by atoms with Gasteiger partial charge in [0.05, 0.1) is 27.0 Å². The number of carbonyl (C=O) groups is 1. The quantitative estimate of drug-likeness (QED) is 0.598. The van der Waals surface area contributed by atoms with Crippen molar-refractivity contribution in [2.45, 2.75) is 20.0 Å². The standard InChI is InChI=1S/C21H24N4O4/c1-4-29-17-7-5-6-16(11-17)18-13-25(24-23-18)14-21(26)22-12-15-8-9-19(27-2)20(10-15)28-3/h5-11,13H,4,12,14H2,1-3H3,(H,22,26). The summed E-state index contributed by atoms with van der Waals surface area (Å²) in [6.45, 7) is 2.97. The maximum Gasteiger partial charge on any atom is 0.242 e. The topological polar surface area (TPSA) is 87.5 Å². The summed E-state index contributed by atoms with van der Waals surface area (Å²) < 4.78 is 17.5. The molecule has 8 heteroatoms. The first kappa shape index (κ1) is 20.2. The third kappa shape index (κ3) is 5.25. The van der Waals surface area contributed by atoms with E-state index in [1.165, 1.54) is 4.68 Å². The zero-order valence-corrected chi connectivity index (χ0v) is 16.7. The number of nitrogens with zero attached hydrogens (tertiary/aromatic N) is 3. The van der Waals surface area contributed by atoms with E-state index < -0.39 is 0 Å². The van der Waals surface area contributed by atoms with Crippen LogP contribution in [0.25, 0.3) is 11.3 Å². The molecule has 0 spiro atoms. The van der Waals surface area contributed by atoms with Crippen molar-refractivity contribution in [2.24, 2.45) is 0 Å². The molecule has 2 aromatic carbocycles. The monoisotopic (exact) mass is 396 g/mol. The van der Waals surface area contributed by atoms with Crippen LogP contribution >= 0.6 is 0 Å². The Morgan fingerprint density at radius 1 is 1.10 bits per heavy atom. The first-order valence-corrected chi connectivity index (χ1v) is 9.24. The molecular weight excluding hydrogens is 372 g/mol. The SMILES string of the molecule is CCOc1cccc(-c2cn(CC(=O)NCc3ccc(OC)c(OC)c3)nn2)c1. The van der Waals surface area contributed by atoms with Crippen molar-refractivity contribution in [3.05, 3.63) is 54.2 Å². The van der Waals surface area contributed by atoms with Gasteiger partial charge in [-0.3, -0.25) is 4.79 Å². The Morgan fingerprint density at radius 3 is 2.69 bits per heavy atom. The zero-order chi connectivity index (χ0) is 20.6. The molecule has 1 aromatic heterocycles. The van der Waals surface area contributed by atoms with Gasteiger partial charge in [0.2, 0.25) is 5.91 Å². The minimum Gasteiger partial charge on any atom is -0.494 e. The molecule has 8 nitrogen and oxygen atoms in total. The molecule has 0 aliphatic carbocycles. The molecule has 0 saturated heterocycles. The van der Waals surface area contributed by atoms with E-state index in [4.69, 9.17) is 14.2 Å². The van der Waals surface area contributed by atoms with Gasteiger partial charge in [0, 0.05) is 12.1 Å². The van der Waals surface area contributed by atoms with Gasteiger partial charge in [-0.05, 0) is 36.8 Å². The van der Waals surface area contributed by atoms with Crippen molar-refractivity contribution in [3.63, 3.8) is 0 Å². The fourth-order valence-electron chi connectivity index (χ4n) is 2.81. The predicted molar refractivity (Wildman–Crippen MR) is 108 cm³/mol. The molecule has 0 atom stereocenters. The van der Waals surface area contributed by atoms with Crippen molar-refractivity contribution in [3.8, 4) is 28.5 Å². The maximum absolute atomic E-state index is 12.3. The number of benzene rings is 2. The molecule has 0 aliphatic rings. The third-order valence-corrected chi connectivity index (χ3v) is 4.22. The summed E-state index contributed by atoms with van der Waals surface area (Å²) in [5.41, 5.74) is 2.47. The summed E-state index contributed by atoms with van der Waals surface area (Å²) in [6, 6.07) is 13.1. The second-order valence-electron chi connectivity index (χ2n) is 6.23. The average Bonchev–Trinajstić information content (AvgIpc) is 3.21. The second kappa shape index (κ2) is 9.59. The first-order chi connectivity index (χ1) is 14.1. The molecular formula is C21H24N4O4. The molecule has 0 unspecified atom stereocenters. The van der Waals surface area contributed by atoms with Gasteiger partial charge in [-0.2, -0.15) is 0 Å². The lowest BCUT2D eigenvalue weighted by Crippen LogP contribution is -2.27. The fourth-order valence-corrected chi connectivity index (χ4v) is 2.81. The number of aromatic nitrogens is 3. The Balaban J connectivity index is 1.58. The Kier molecular flexibility index (Phi) is 6.67. The maximum atomic E-state index is 12.3. The number of methoxy groups -OCH3 is 2. The molecule has 1 heterocycles. The van der Waals surface area contributed by atoms with E-state index in [0.717, 1.165) is 16.9 Å². The molecule has 152 valence electrons. The summed E-state index contributed by atoms with van der Waals surface area (Å²) in [5, 5.41) is 11.1. The number of nitrogens with one attached hydrogen (secondary N) is 1. The lowest BCUT2D eigenvalue weighted by atomic mass is 10.1. The first-order valence-electron chi connectivity index (χ1n) is 9.24. The third-order valence-electron chi connectivity index (χ3n) is 4.22. The number of hydrogen-bond donors (Lipinski definition) is 1. The fraction of sp³-hybridized carbons (Fsp3) is 0.286. The highest BCUT2D eigenvalue weighted by Crippen LogP contribution is 2.27. The van der Waals surface area contributed by atoms with Crippen LogP contribution in [0.3, 0.4) is 0 Å².